The van der Waals surface area contributed by atoms with Gasteiger partial charge < -0.3 is 25.6 Å². The normalized spacial score (nSPS) is 24.3. The summed E-state index contributed by atoms with van der Waals surface area (Å²) in [6.07, 6.45) is 1.09. The number of nitrogens with two attached hydrogens (primary N) is 1. The molecule has 0 aliphatic carbocycles. The second kappa shape index (κ2) is 9.52. The van der Waals surface area contributed by atoms with Crippen LogP contribution in [-0.2, 0) is 14.3 Å². The van der Waals surface area contributed by atoms with Crippen molar-refractivity contribution in [1.29, 1.82) is 0 Å². The molecule has 2 fully saturated rings. The van der Waals surface area contributed by atoms with E-state index in [1.54, 1.807) is 31.7 Å². The molecule has 0 saturated carbocycles. The van der Waals surface area contributed by atoms with E-state index in [2.05, 4.69) is 5.32 Å². The predicted octanol–water partition coefficient (Wildman–Crippen LogP) is 2.99. The first-order valence-corrected chi connectivity index (χ1v) is 11.1. The highest BCUT2D eigenvalue weighted by molar-refractivity contribution is 6.30. The summed E-state index contributed by atoms with van der Waals surface area (Å²) in [4.78, 5) is 41.2. The molecule has 3 unspecified atom stereocenters. The highest BCUT2D eigenvalue weighted by atomic mass is 35.5. The maximum Gasteiger partial charge on any atom is 0.410 e. The largest absolute Gasteiger partial charge is 0.444 e. The average Bonchev–Trinajstić information content (AvgIpc) is 2.67. The maximum absolute atomic E-state index is 13.7. The number of carbonyl (C=O) groups excluding carboxylic acids is 3. The van der Waals surface area contributed by atoms with Gasteiger partial charge in [0, 0.05) is 30.3 Å². The van der Waals surface area contributed by atoms with E-state index in [0.29, 0.717) is 38.0 Å². The molecule has 8 nitrogen and oxygen atoms in total. The topological polar surface area (TPSA) is 105 Å². The number of hydrogen-bond donors (Lipinski definition) is 2. The molecule has 32 heavy (non-hydrogen) atoms. The molecule has 2 heterocycles. The number of primary amides is 1. The lowest BCUT2D eigenvalue weighted by molar-refractivity contribution is -0.142. The van der Waals surface area contributed by atoms with Gasteiger partial charge in [-0.05, 0) is 58.2 Å². The Bertz CT molecular complexity index is 871. The summed E-state index contributed by atoms with van der Waals surface area (Å²) in [5, 5.41) is 3.28. The van der Waals surface area contributed by atoms with Crippen LogP contribution in [0.5, 0.6) is 0 Å². The SMILES string of the molecule is CC(C)(C)OC(=O)N1CCC(C(N)=O)C(N2CCCC(Nc3cc(F)cc(Cl)c3)C2=O)C1. The fraction of sp³-hybridized carbons (Fsp3) is 0.591. The molecular weight excluding hydrogens is 439 g/mol. The van der Waals surface area contributed by atoms with Crippen LogP contribution in [0, 0.1) is 11.7 Å². The Balaban J connectivity index is 1.77. The molecule has 2 aliphatic rings. The monoisotopic (exact) mass is 468 g/mol. The van der Waals surface area contributed by atoms with Crippen LogP contribution in [0.2, 0.25) is 5.02 Å². The number of likely N-dealkylation sites (tertiary alicyclic amines) is 2. The Morgan fingerprint density at radius 2 is 1.94 bits per heavy atom. The van der Waals surface area contributed by atoms with Crippen molar-refractivity contribution < 1.29 is 23.5 Å². The zero-order valence-electron chi connectivity index (χ0n) is 18.6. The lowest BCUT2D eigenvalue weighted by Crippen LogP contribution is -2.62. The van der Waals surface area contributed by atoms with E-state index >= 15 is 0 Å². The van der Waals surface area contributed by atoms with E-state index < -0.39 is 41.4 Å². The van der Waals surface area contributed by atoms with E-state index in [0.717, 1.165) is 0 Å². The Hall–Kier alpha value is -2.55. The lowest BCUT2D eigenvalue weighted by atomic mass is 9.88. The number of rotatable bonds is 4. The summed E-state index contributed by atoms with van der Waals surface area (Å²) in [6, 6.07) is 2.85. The molecule has 3 rings (SSSR count). The van der Waals surface area contributed by atoms with Crippen LogP contribution >= 0.6 is 11.6 Å². The van der Waals surface area contributed by atoms with Crippen molar-refractivity contribution >= 4 is 35.2 Å². The van der Waals surface area contributed by atoms with Crippen molar-refractivity contribution in [2.24, 2.45) is 11.7 Å². The van der Waals surface area contributed by atoms with Gasteiger partial charge in [-0.3, -0.25) is 9.59 Å². The van der Waals surface area contributed by atoms with Crippen LogP contribution in [0.15, 0.2) is 18.2 Å². The van der Waals surface area contributed by atoms with E-state index in [-0.39, 0.29) is 17.5 Å². The van der Waals surface area contributed by atoms with E-state index in [1.165, 1.54) is 17.0 Å². The third kappa shape index (κ3) is 5.82. The van der Waals surface area contributed by atoms with Crippen LogP contribution in [0.3, 0.4) is 0 Å². The Labute approximate surface area is 192 Å². The average molecular weight is 469 g/mol. The molecule has 2 saturated heterocycles. The molecule has 3 amide bonds. The molecule has 2 aliphatic heterocycles. The van der Waals surface area contributed by atoms with Gasteiger partial charge in [0.25, 0.3) is 0 Å². The number of halogens is 2. The van der Waals surface area contributed by atoms with Crippen LogP contribution in [-0.4, -0.2) is 65.0 Å². The summed E-state index contributed by atoms with van der Waals surface area (Å²) in [6.45, 7) is 6.26. The van der Waals surface area contributed by atoms with Gasteiger partial charge in [0.15, 0.2) is 0 Å². The minimum absolute atomic E-state index is 0.159. The number of ether oxygens (including phenoxy) is 1. The molecule has 0 radical (unpaired) electrons. The minimum atomic E-state index is -0.657. The standard InChI is InChI=1S/C22H30ClFN4O4/c1-22(2,3)32-21(31)27-8-6-16(19(25)29)18(12-27)28-7-4-5-17(20(28)30)26-15-10-13(23)9-14(24)11-15/h9-11,16-18,26H,4-8,12H2,1-3H3,(H2,25,29). The quantitative estimate of drug-likeness (QED) is 0.706. The fourth-order valence-corrected chi connectivity index (χ4v) is 4.49. The zero-order valence-corrected chi connectivity index (χ0v) is 19.3. The number of carbonyl (C=O) groups is 3. The smallest absolute Gasteiger partial charge is 0.410 e. The number of nitrogens with zero attached hydrogens (tertiary/aromatic N) is 2. The lowest BCUT2D eigenvalue weighted by Gasteiger charge is -2.45. The highest BCUT2D eigenvalue weighted by Gasteiger charge is 2.43. The summed E-state index contributed by atoms with van der Waals surface area (Å²) in [5.41, 5.74) is 5.39. The van der Waals surface area contributed by atoms with E-state index in [1.807, 2.05) is 0 Å². The first-order valence-electron chi connectivity index (χ1n) is 10.7. The second-order valence-corrected chi connectivity index (χ2v) is 9.76. The Morgan fingerprint density at radius 1 is 1.22 bits per heavy atom. The van der Waals surface area contributed by atoms with Crippen molar-refractivity contribution in [3.63, 3.8) is 0 Å². The maximum atomic E-state index is 13.7. The third-order valence-corrected chi connectivity index (χ3v) is 5.89. The van der Waals surface area contributed by atoms with Crippen LogP contribution in [0.4, 0.5) is 14.9 Å². The van der Waals surface area contributed by atoms with Crippen molar-refractivity contribution in [2.45, 2.75) is 57.7 Å². The predicted molar refractivity (Wildman–Crippen MR) is 119 cm³/mol. The first kappa shape index (κ1) is 24.1. The number of nitrogens with one attached hydrogen (secondary N) is 1. The van der Waals surface area contributed by atoms with Crippen molar-refractivity contribution in [2.75, 3.05) is 25.0 Å². The number of benzene rings is 1. The van der Waals surface area contributed by atoms with Gasteiger partial charge in [-0.25, -0.2) is 9.18 Å². The molecule has 0 spiro atoms. The summed E-state index contributed by atoms with van der Waals surface area (Å²) in [5.74, 6) is -1.80. The zero-order chi connectivity index (χ0) is 23.6. The molecule has 176 valence electrons. The molecule has 3 atom stereocenters. The summed E-state index contributed by atoms with van der Waals surface area (Å²) in [7, 11) is 0. The van der Waals surface area contributed by atoms with Gasteiger partial charge in [-0.15, -0.1) is 0 Å². The molecule has 0 aromatic heterocycles. The van der Waals surface area contributed by atoms with Crippen LogP contribution in [0.1, 0.15) is 40.0 Å². The number of hydrogen-bond acceptors (Lipinski definition) is 5. The first-order chi connectivity index (χ1) is 14.9. The number of amides is 3. The Kier molecular flexibility index (Phi) is 7.17. The van der Waals surface area contributed by atoms with Gasteiger partial charge in [0.1, 0.15) is 17.5 Å². The van der Waals surface area contributed by atoms with Gasteiger partial charge in [-0.2, -0.15) is 0 Å². The van der Waals surface area contributed by atoms with Gasteiger partial charge in [0.05, 0.1) is 12.0 Å². The molecule has 3 N–H and O–H groups in total. The van der Waals surface area contributed by atoms with E-state index in [9.17, 15) is 18.8 Å². The molecular formula is C22H30ClFN4O4. The van der Waals surface area contributed by atoms with Gasteiger partial charge in [0.2, 0.25) is 11.8 Å². The molecule has 1 aromatic rings. The van der Waals surface area contributed by atoms with Crippen molar-refractivity contribution in [1.82, 2.24) is 9.80 Å². The van der Waals surface area contributed by atoms with Crippen molar-refractivity contribution in [3.8, 4) is 0 Å². The molecule has 10 heteroatoms. The Morgan fingerprint density at radius 3 is 2.56 bits per heavy atom. The molecule has 1 aromatic carbocycles. The summed E-state index contributed by atoms with van der Waals surface area (Å²) >= 11 is 5.92. The molecule has 0 bridgehead atoms. The van der Waals surface area contributed by atoms with Gasteiger partial charge >= 0.3 is 6.09 Å². The highest BCUT2D eigenvalue weighted by Crippen LogP contribution is 2.29. The van der Waals surface area contributed by atoms with Crippen LogP contribution in [0.25, 0.3) is 0 Å². The van der Waals surface area contributed by atoms with Crippen molar-refractivity contribution in [3.05, 3.63) is 29.0 Å². The summed E-state index contributed by atoms with van der Waals surface area (Å²) < 4.78 is 19.2. The second-order valence-electron chi connectivity index (χ2n) is 9.32. The fourth-order valence-electron chi connectivity index (χ4n) is 4.27. The minimum Gasteiger partial charge on any atom is -0.444 e. The van der Waals surface area contributed by atoms with E-state index in [4.69, 9.17) is 22.1 Å². The van der Waals surface area contributed by atoms with Crippen LogP contribution < -0.4 is 11.1 Å². The van der Waals surface area contributed by atoms with Gasteiger partial charge in [-0.1, -0.05) is 11.6 Å². The third-order valence-electron chi connectivity index (χ3n) is 5.68. The number of piperidine rings is 2. The number of anilines is 1.